The van der Waals surface area contributed by atoms with Crippen molar-refractivity contribution in [3.8, 4) is 0 Å². The van der Waals surface area contributed by atoms with Crippen LogP contribution in [-0.2, 0) is 6.54 Å². The van der Waals surface area contributed by atoms with Crippen molar-refractivity contribution < 1.29 is 0 Å². The molecule has 0 saturated heterocycles. The van der Waals surface area contributed by atoms with E-state index in [4.69, 9.17) is 0 Å². The number of benzene rings is 1. The van der Waals surface area contributed by atoms with Crippen molar-refractivity contribution in [1.29, 1.82) is 0 Å². The molecule has 0 amide bonds. The van der Waals surface area contributed by atoms with E-state index in [1.165, 1.54) is 16.5 Å². The minimum absolute atomic E-state index is 0.916. The number of aromatic nitrogens is 2. The molecule has 0 radical (unpaired) electrons. The van der Waals surface area contributed by atoms with Crippen LogP contribution in [0.15, 0.2) is 22.8 Å². The third-order valence-electron chi connectivity index (χ3n) is 2.22. The fourth-order valence-corrected chi connectivity index (χ4v) is 1.80. The van der Waals surface area contributed by atoms with Crippen LogP contribution in [0.4, 0.5) is 0 Å². The summed E-state index contributed by atoms with van der Waals surface area (Å²) in [5.74, 6) is 0. The van der Waals surface area contributed by atoms with Crippen molar-refractivity contribution in [2.75, 3.05) is 0 Å². The Morgan fingerprint density at radius 1 is 1.46 bits per heavy atom. The number of nitrogens with zero attached hydrogens (tertiary/aromatic N) is 2. The molecule has 2 rings (SSSR count). The van der Waals surface area contributed by atoms with Gasteiger partial charge in [-0.1, -0.05) is 15.9 Å². The number of fused-ring (bicyclic) bond motifs is 1. The maximum atomic E-state index is 4.29. The summed E-state index contributed by atoms with van der Waals surface area (Å²) in [5.41, 5.74) is 2.45. The topological polar surface area (TPSA) is 17.8 Å². The summed E-state index contributed by atoms with van der Waals surface area (Å²) < 4.78 is 3.15. The molecule has 0 fully saturated rings. The number of hydrogen-bond donors (Lipinski definition) is 0. The fourth-order valence-electron chi connectivity index (χ4n) is 1.47. The van der Waals surface area contributed by atoms with Gasteiger partial charge in [-0.15, -0.1) is 0 Å². The van der Waals surface area contributed by atoms with Gasteiger partial charge in [0.25, 0.3) is 0 Å². The highest BCUT2D eigenvalue weighted by Crippen LogP contribution is 2.23. The zero-order valence-electron chi connectivity index (χ0n) is 7.71. The van der Waals surface area contributed by atoms with Crippen LogP contribution in [0, 0.1) is 6.92 Å². The van der Waals surface area contributed by atoms with Crippen molar-refractivity contribution >= 4 is 26.8 Å². The van der Waals surface area contributed by atoms with Crippen molar-refractivity contribution in [2.45, 2.75) is 20.4 Å². The predicted molar refractivity (Wildman–Crippen MR) is 57.8 cm³/mol. The van der Waals surface area contributed by atoms with Crippen LogP contribution < -0.4 is 0 Å². The van der Waals surface area contributed by atoms with Gasteiger partial charge in [0.15, 0.2) is 0 Å². The number of aryl methyl sites for hydroxylation is 2. The normalized spacial score (nSPS) is 11.0. The third kappa shape index (κ3) is 1.37. The van der Waals surface area contributed by atoms with E-state index < -0.39 is 0 Å². The number of rotatable bonds is 1. The second kappa shape index (κ2) is 3.14. The second-order valence-corrected chi connectivity index (χ2v) is 3.97. The van der Waals surface area contributed by atoms with Crippen molar-refractivity contribution in [2.24, 2.45) is 0 Å². The lowest BCUT2D eigenvalue weighted by atomic mass is 10.2. The lowest BCUT2D eigenvalue weighted by molar-refractivity contribution is 0.684. The van der Waals surface area contributed by atoms with Gasteiger partial charge < -0.3 is 0 Å². The molecule has 13 heavy (non-hydrogen) atoms. The van der Waals surface area contributed by atoms with E-state index in [9.17, 15) is 0 Å². The van der Waals surface area contributed by atoms with Crippen LogP contribution in [0.3, 0.4) is 0 Å². The molecule has 3 heteroatoms. The maximum absolute atomic E-state index is 4.29. The molecule has 68 valence electrons. The van der Waals surface area contributed by atoms with Crippen LogP contribution in [-0.4, -0.2) is 9.78 Å². The quantitative estimate of drug-likeness (QED) is 0.747. The van der Waals surface area contributed by atoms with Gasteiger partial charge in [-0.25, -0.2) is 0 Å². The molecule has 0 aliphatic heterocycles. The van der Waals surface area contributed by atoms with Gasteiger partial charge in [0.05, 0.1) is 11.7 Å². The smallest absolute Gasteiger partial charge is 0.0693 e. The first kappa shape index (κ1) is 8.75. The SMILES string of the molecule is CCn1ncc2cc(C)c(Br)cc21. The largest absolute Gasteiger partial charge is 0.265 e. The molecule has 0 bridgehead atoms. The molecule has 0 N–H and O–H groups in total. The lowest BCUT2D eigenvalue weighted by Crippen LogP contribution is -1.95. The van der Waals surface area contributed by atoms with E-state index in [2.05, 4.69) is 47.0 Å². The minimum Gasteiger partial charge on any atom is -0.265 e. The summed E-state index contributed by atoms with van der Waals surface area (Å²) in [6.07, 6.45) is 1.91. The van der Waals surface area contributed by atoms with E-state index >= 15 is 0 Å². The van der Waals surface area contributed by atoms with Crippen LogP contribution in [0.2, 0.25) is 0 Å². The summed E-state index contributed by atoms with van der Waals surface area (Å²) in [6, 6.07) is 4.28. The maximum Gasteiger partial charge on any atom is 0.0693 e. The zero-order valence-corrected chi connectivity index (χ0v) is 9.30. The second-order valence-electron chi connectivity index (χ2n) is 3.12. The standard InChI is InChI=1S/C10H11BrN2/c1-3-13-10-5-9(11)7(2)4-8(10)6-12-13/h4-6H,3H2,1-2H3. The van der Waals surface area contributed by atoms with E-state index in [1.807, 2.05) is 10.9 Å². The average molecular weight is 239 g/mol. The van der Waals surface area contributed by atoms with E-state index in [1.54, 1.807) is 0 Å². The van der Waals surface area contributed by atoms with E-state index in [-0.39, 0.29) is 0 Å². The first-order valence-corrected chi connectivity index (χ1v) is 5.13. The summed E-state index contributed by atoms with van der Waals surface area (Å²) in [7, 11) is 0. The highest BCUT2D eigenvalue weighted by Gasteiger charge is 2.03. The van der Waals surface area contributed by atoms with Gasteiger partial charge in [-0.3, -0.25) is 4.68 Å². The molecule has 2 aromatic rings. The number of halogens is 1. The Labute approximate surface area is 85.7 Å². The molecule has 0 aliphatic carbocycles. The van der Waals surface area contributed by atoms with E-state index in [0.29, 0.717) is 0 Å². The Balaban J connectivity index is 2.77. The molecule has 1 aromatic carbocycles. The van der Waals surface area contributed by atoms with E-state index in [0.717, 1.165) is 11.0 Å². The van der Waals surface area contributed by atoms with Gasteiger partial charge in [0, 0.05) is 16.4 Å². The summed E-state index contributed by atoms with van der Waals surface area (Å²) in [6.45, 7) is 5.10. The Bertz CT molecular complexity index is 445. The molecule has 1 heterocycles. The van der Waals surface area contributed by atoms with Crippen molar-refractivity contribution in [3.63, 3.8) is 0 Å². The van der Waals surface area contributed by atoms with Gasteiger partial charge >= 0.3 is 0 Å². The van der Waals surface area contributed by atoms with Gasteiger partial charge in [-0.2, -0.15) is 5.10 Å². The molecule has 1 aromatic heterocycles. The lowest BCUT2D eigenvalue weighted by Gasteiger charge is -2.01. The predicted octanol–water partition coefficient (Wildman–Crippen LogP) is 3.13. The Hall–Kier alpha value is -0.830. The highest BCUT2D eigenvalue weighted by atomic mass is 79.9. The summed E-state index contributed by atoms with van der Waals surface area (Å²) in [4.78, 5) is 0. The monoisotopic (exact) mass is 238 g/mol. The van der Waals surface area contributed by atoms with Crippen LogP contribution in [0.5, 0.6) is 0 Å². The Morgan fingerprint density at radius 2 is 2.23 bits per heavy atom. The van der Waals surface area contributed by atoms with Crippen LogP contribution >= 0.6 is 15.9 Å². The molecule has 2 nitrogen and oxygen atoms in total. The Kier molecular flexibility index (Phi) is 2.12. The molecule has 0 aliphatic rings. The summed E-state index contributed by atoms with van der Waals surface area (Å²) in [5, 5.41) is 5.50. The summed E-state index contributed by atoms with van der Waals surface area (Å²) >= 11 is 3.52. The average Bonchev–Trinajstić information content (AvgIpc) is 2.48. The van der Waals surface area contributed by atoms with Gasteiger partial charge in [-0.05, 0) is 31.5 Å². The van der Waals surface area contributed by atoms with Crippen molar-refractivity contribution in [1.82, 2.24) is 9.78 Å². The fraction of sp³-hybridized carbons (Fsp3) is 0.300. The first-order chi connectivity index (χ1) is 6.22. The molecule has 0 unspecified atom stereocenters. The minimum atomic E-state index is 0.916. The Morgan fingerprint density at radius 3 is 2.92 bits per heavy atom. The molecular formula is C10H11BrN2. The van der Waals surface area contributed by atoms with Crippen molar-refractivity contribution in [3.05, 3.63) is 28.4 Å². The zero-order chi connectivity index (χ0) is 9.42. The van der Waals surface area contributed by atoms with Gasteiger partial charge in [0.2, 0.25) is 0 Å². The number of hydrogen-bond acceptors (Lipinski definition) is 1. The first-order valence-electron chi connectivity index (χ1n) is 4.34. The molecule has 0 atom stereocenters. The molecule has 0 spiro atoms. The third-order valence-corrected chi connectivity index (χ3v) is 3.08. The molecular weight excluding hydrogens is 228 g/mol. The van der Waals surface area contributed by atoms with Crippen LogP contribution in [0.1, 0.15) is 12.5 Å². The highest BCUT2D eigenvalue weighted by molar-refractivity contribution is 9.10. The molecule has 0 saturated carbocycles. The van der Waals surface area contributed by atoms with Gasteiger partial charge in [0.1, 0.15) is 0 Å². The van der Waals surface area contributed by atoms with Crippen LogP contribution in [0.25, 0.3) is 10.9 Å².